The smallest absolute Gasteiger partial charge is 0.339 e. The third-order valence-corrected chi connectivity index (χ3v) is 4.73. The van der Waals surface area contributed by atoms with Gasteiger partial charge in [0.1, 0.15) is 11.9 Å². The molecular formula is C13H17NO6S. The Bertz CT molecular complexity index is 612. The summed E-state index contributed by atoms with van der Waals surface area (Å²) in [7, 11) is -1.19. The lowest BCUT2D eigenvalue weighted by atomic mass is 10.1. The normalized spacial score (nSPS) is 24.7. The summed E-state index contributed by atoms with van der Waals surface area (Å²) in [6, 6.07) is 5.91. The second-order valence-corrected chi connectivity index (χ2v) is 6.14. The number of esters is 1. The molecule has 1 aromatic carbocycles. The van der Waals surface area contributed by atoms with Gasteiger partial charge >= 0.3 is 16.3 Å². The molecule has 1 heterocycles. The Morgan fingerprint density at radius 3 is 2.43 bits per heavy atom. The van der Waals surface area contributed by atoms with Crippen LogP contribution >= 0.6 is 0 Å². The molecule has 8 heteroatoms. The molecular weight excluding hydrogens is 298 g/mol. The summed E-state index contributed by atoms with van der Waals surface area (Å²) < 4.78 is 39.6. The highest BCUT2D eigenvalue weighted by atomic mass is 32.2. The third-order valence-electron chi connectivity index (χ3n) is 3.26. The summed E-state index contributed by atoms with van der Waals surface area (Å²) in [4.78, 5) is 11.8. The fraction of sp³-hybridized carbons (Fsp3) is 0.462. The van der Waals surface area contributed by atoms with Crippen LogP contribution in [0.15, 0.2) is 24.3 Å². The van der Waals surface area contributed by atoms with Gasteiger partial charge in [-0.15, -0.1) is 0 Å². The highest BCUT2D eigenvalue weighted by molar-refractivity contribution is 7.84. The van der Waals surface area contributed by atoms with E-state index in [-0.39, 0.29) is 6.54 Å². The summed E-state index contributed by atoms with van der Waals surface area (Å²) in [6.07, 6.45) is -0.791. The van der Waals surface area contributed by atoms with Crippen molar-refractivity contribution < 1.29 is 26.9 Å². The van der Waals surface area contributed by atoms with Crippen molar-refractivity contribution >= 4 is 16.3 Å². The summed E-state index contributed by atoms with van der Waals surface area (Å²) >= 11 is 0. The zero-order valence-corrected chi connectivity index (χ0v) is 12.8. The number of hydrogen-bond acceptors (Lipinski definition) is 6. The second kappa shape index (κ2) is 6.00. The van der Waals surface area contributed by atoms with E-state index in [0.29, 0.717) is 11.3 Å². The maximum absolute atomic E-state index is 12.0. The molecule has 0 spiro atoms. The third kappa shape index (κ3) is 3.17. The van der Waals surface area contributed by atoms with E-state index in [1.165, 1.54) is 14.0 Å². The van der Waals surface area contributed by atoms with E-state index >= 15 is 0 Å². The number of hydrogen-bond donors (Lipinski definition) is 0. The molecule has 0 aliphatic carbocycles. The lowest BCUT2D eigenvalue weighted by molar-refractivity contribution is -0.146. The number of nitrogens with zero attached hydrogens (tertiary/aromatic N) is 1. The van der Waals surface area contributed by atoms with Crippen LogP contribution < -0.4 is 4.74 Å². The predicted molar refractivity (Wildman–Crippen MR) is 73.8 cm³/mol. The quantitative estimate of drug-likeness (QED) is 0.761. The molecule has 21 heavy (non-hydrogen) atoms. The highest BCUT2D eigenvalue weighted by Crippen LogP contribution is 2.28. The minimum absolute atomic E-state index is 0.0242. The molecule has 0 amide bonds. The number of benzene rings is 1. The Labute approximate surface area is 123 Å². The largest absolute Gasteiger partial charge is 0.497 e. The average Bonchev–Trinajstić information content (AvgIpc) is 2.68. The van der Waals surface area contributed by atoms with E-state index in [0.717, 1.165) is 4.31 Å². The molecule has 7 nitrogen and oxygen atoms in total. The molecule has 0 aromatic heterocycles. The van der Waals surface area contributed by atoms with Crippen LogP contribution in [0, 0.1) is 0 Å². The van der Waals surface area contributed by atoms with Gasteiger partial charge in [0, 0.05) is 6.54 Å². The molecule has 1 aliphatic heterocycles. The lowest BCUT2D eigenvalue weighted by Gasteiger charge is -2.20. The van der Waals surface area contributed by atoms with Gasteiger partial charge in [-0.2, -0.15) is 12.7 Å². The van der Waals surface area contributed by atoms with E-state index in [4.69, 9.17) is 8.92 Å². The second-order valence-electron chi connectivity index (χ2n) is 4.62. The minimum Gasteiger partial charge on any atom is -0.497 e. The fourth-order valence-corrected chi connectivity index (χ4v) is 3.63. The Balaban J connectivity index is 2.27. The van der Waals surface area contributed by atoms with Crippen LogP contribution in [0.2, 0.25) is 0 Å². The van der Waals surface area contributed by atoms with Crippen molar-refractivity contribution in [3.63, 3.8) is 0 Å². The van der Waals surface area contributed by atoms with E-state index in [1.807, 2.05) is 0 Å². The first-order chi connectivity index (χ1) is 9.89. The monoisotopic (exact) mass is 315 g/mol. The van der Waals surface area contributed by atoms with Gasteiger partial charge in [-0.1, -0.05) is 12.1 Å². The van der Waals surface area contributed by atoms with Crippen molar-refractivity contribution in [2.24, 2.45) is 0 Å². The van der Waals surface area contributed by atoms with Crippen LogP contribution in [0.3, 0.4) is 0 Å². The van der Waals surface area contributed by atoms with Gasteiger partial charge in [-0.25, -0.2) is 0 Å². The van der Waals surface area contributed by atoms with Gasteiger partial charge in [0.2, 0.25) is 0 Å². The number of carbonyl (C=O) groups excluding carboxylic acids is 1. The van der Waals surface area contributed by atoms with Gasteiger partial charge in [0.15, 0.2) is 6.04 Å². The minimum atomic E-state index is -3.95. The van der Waals surface area contributed by atoms with E-state index in [1.54, 1.807) is 31.4 Å². The molecule has 1 fully saturated rings. The molecule has 2 rings (SSSR count). The first-order valence-corrected chi connectivity index (χ1v) is 7.66. The summed E-state index contributed by atoms with van der Waals surface area (Å²) in [5, 5.41) is 0. The summed E-state index contributed by atoms with van der Waals surface area (Å²) in [5.41, 5.74) is 0.714. The molecule has 0 radical (unpaired) electrons. The van der Waals surface area contributed by atoms with Gasteiger partial charge in [0.25, 0.3) is 0 Å². The fourth-order valence-electron chi connectivity index (χ4n) is 2.19. The molecule has 116 valence electrons. The number of rotatable bonds is 4. The molecule has 1 aliphatic rings. The van der Waals surface area contributed by atoms with Crippen LogP contribution in [-0.2, 0) is 30.6 Å². The molecule has 1 saturated heterocycles. The number of carbonyl (C=O) groups is 1. The molecule has 2 atom stereocenters. The lowest BCUT2D eigenvalue weighted by Crippen LogP contribution is -2.42. The van der Waals surface area contributed by atoms with Crippen molar-refractivity contribution in [1.82, 2.24) is 4.31 Å². The first-order valence-electron chi connectivity index (χ1n) is 6.30. The highest BCUT2D eigenvalue weighted by Gasteiger charge is 2.48. The zero-order chi connectivity index (χ0) is 15.6. The van der Waals surface area contributed by atoms with Crippen molar-refractivity contribution in [2.45, 2.75) is 25.6 Å². The van der Waals surface area contributed by atoms with Gasteiger partial charge < -0.3 is 9.47 Å². The topological polar surface area (TPSA) is 82.1 Å². The Hall–Kier alpha value is -1.64. The van der Waals surface area contributed by atoms with Crippen molar-refractivity contribution in [2.75, 3.05) is 14.2 Å². The van der Waals surface area contributed by atoms with Crippen LogP contribution in [0.5, 0.6) is 5.75 Å². The molecule has 1 aromatic rings. The van der Waals surface area contributed by atoms with Gasteiger partial charge in [-0.05, 0) is 24.6 Å². The van der Waals surface area contributed by atoms with Crippen molar-refractivity contribution in [3.05, 3.63) is 29.8 Å². The number of methoxy groups -OCH3 is 2. The maximum Gasteiger partial charge on any atom is 0.339 e. The zero-order valence-electron chi connectivity index (χ0n) is 12.0. The van der Waals surface area contributed by atoms with Crippen molar-refractivity contribution in [3.8, 4) is 5.75 Å². The molecule has 0 N–H and O–H groups in total. The molecule has 0 saturated carbocycles. The summed E-state index contributed by atoms with van der Waals surface area (Å²) in [5.74, 6) is 0.0225. The Kier molecular flexibility index (Phi) is 4.50. The summed E-state index contributed by atoms with van der Waals surface area (Å²) in [6.45, 7) is 1.55. The van der Waals surface area contributed by atoms with E-state index in [9.17, 15) is 13.2 Å². The van der Waals surface area contributed by atoms with Crippen molar-refractivity contribution in [1.29, 1.82) is 0 Å². The average molecular weight is 315 g/mol. The Morgan fingerprint density at radius 2 is 1.90 bits per heavy atom. The Morgan fingerprint density at radius 1 is 1.29 bits per heavy atom. The standard InChI is InChI=1S/C13H17NO6S/c1-9-12(13(15)19-3)14(21(16,17)20-9)8-10-4-6-11(18-2)7-5-10/h4-7,9,12H,8H2,1-3H3/t9-,12+/m1/s1. The van der Waals surface area contributed by atoms with E-state index in [2.05, 4.69) is 4.74 Å². The maximum atomic E-state index is 12.0. The van der Waals surface area contributed by atoms with Crippen LogP contribution in [-0.4, -0.2) is 45.1 Å². The SMILES string of the molecule is COC(=O)[C@@H]1[C@@H](C)OS(=O)(=O)N1Cc1ccc(OC)cc1. The molecule has 0 bridgehead atoms. The van der Waals surface area contributed by atoms with Crippen LogP contribution in [0.4, 0.5) is 0 Å². The predicted octanol–water partition coefficient (Wildman–Crippen LogP) is 0.702. The van der Waals surface area contributed by atoms with E-state index < -0.39 is 28.4 Å². The number of ether oxygens (including phenoxy) is 2. The van der Waals surface area contributed by atoms with Gasteiger partial charge in [-0.3, -0.25) is 8.98 Å². The first kappa shape index (κ1) is 15.7. The van der Waals surface area contributed by atoms with Gasteiger partial charge in [0.05, 0.1) is 14.2 Å². The van der Waals surface area contributed by atoms with Crippen LogP contribution in [0.25, 0.3) is 0 Å². The molecule has 0 unspecified atom stereocenters. The van der Waals surface area contributed by atoms with Crippen LogP contribution in [0.1, 0.15) is 12.5 Å².